The van der Waals surface area contributed by atoms with E-state index in [1.165, 1.54) is 7.11 Å². The lowest BCUT2D eigenvalue weighted by Gasteiger charge is -2.06. The van der Waals surface area contributed by atoms with Gasteiger partial charge in [0.2, 0.25) is 0 Å². The number of carbonyl (C=O) groups excluding carboxylic acids is 1. The Balaban J connectivity index is 2.63. The molecule has 2 aromatic rings. The topological polar surface area (TPSA) is 26.3 Å². The summed E-state index contributed by atoms with van der Waals surface area (Å²) in [6, 6.07) is 19.8. The first-order valence-corrected chi connectivity index (χ1v) is 6.39. The van der Waals surface area contributed by atoms with Crippen molar-refractivity contribution in [3.8, 4) is 0 Å². The predicted molar refractivity (Wildman–Crippen MR) is 80.1 cm³/mol. The van der Waals surface area contributed by atoms with Gasteiger partial charge in [0.25, 0.3) is 0 Å². The van der Waals surface area contributed by atoms with E-state index in [-0.39, 0.29) is 5.97 Å². The molecule has 0 atom stereocenters. The second-order valence-corrected chi connectivity index (χ2v) is 4.35. The van der Waals surface area contributed by atoms with Gasteiger partial charge in [0, 0.05) is 5.57 Å². The van der Waals surface area contributed by atoms with Crippen molar-refractivity contribution in [3.63, 3.8) is 0 Å². The lowest BCUT2D eigenvalue weighted by atomic mass is 9.98. The number of esters is 1. The summed E-state index contributed by atoms with van der Waals surface area (Å²) in [6.07, 6.45) is 0. The second-order valence-electron chi connectivity index (χ2n) is 4.35. The van der Waals surface area contributed by atoms with Crippen LogP contribution in [-0.2, 0) is 9.53 Å². The van der Waals surface area contributed by atoms with Gasteiger partial charge in [-0.05, 0) is 18.1 Å². The van der Waals surface area contributed by atoms with Crippen LogP contribution in [0.1, 0.15) is 18.1 Å². The summed E-state index contributed by atoms with van der Waals surface area (Å²) in [6.45, 7) is 1.71. The number of rotatable bonds is 3. The molecule has 2 heteroatoms. The number of methoxy groups -OCH3 is 1. The van der Waals surface area contributed by atoms with Gasteiger partial charge in [0.15, 0.2) is 0 Å². The molecule has 100 valence electrons. The molecule has 0 aliphatic heterocycles. The van der Waals surface area contributed by atoms with Gasteiger partial charge in [0.1, 0.15) is 0 Å². The van der Waals surface area contributed by atoms with Crippen molar-refractivity contribution in [3.05, 3.63) is 83.1 Å². The average Bonchev–Trinajstić information content (AvgIpc) is 2.53. The molecule has 0 aromatic heterocycles. The fourth-order valence-corrected chi connectivity index (χ4v) is 1.91. The SMILES string of the molecule is COC(=O)C(C)=C=C(c1ccccc1)c1ccccc1. The number of ether oxygens (including phenoxy) is 1. The Kier molecular flexibility index (Phi) is 4.54. The summed E-state index contributed by atoms with van der Waals surface area (Å²) in [5, 5.41) is 0. The van der Waals surface area contributed by atoms with E-state index in [1.54, 1.807) is 6.92 Å². The van der Waals surface area contributed by atoms with Crippen molar-refractivity contribution < 1.29 is 9.53 Å². The maximum absolute atomic E-state index is 11.6. The van der Waals surface area contributed by atoms with Crippen LogP contribution in [0.25, 0.3) is 5.57 Å². The summed E-state index contributed by atoms with van der Waals surface area (Å²) >= 11 is 0. The minimum absolute atomic E-state index is 0.366. The Morgan fingerprint density at radius 1 is 0.900 bits per heavy atom. The van der Waals surface area contributed by atoms with Crippen molar-refractivity contribution in [2.24, 2.45) is 0 Å². The Hall–Kier alpha value is -2.57. The van der Waals surface area contributed by atoms with Gasteiger partial charge in [-0.3, -0.25) is 0 Å². The van der Waals surface area contributed by atoms with Crippen molar-refractivity contribution in [1.29, 1.82) is 0 Å². The molecule has 0 heterocycles. The van der Waals surface area contributed by atoms with Gasteiger partial charge in [-0.2, -0.15) is 0 Å². The number of hydrogen-bond donors (Lipinski definition) is 0. The largest absolute Gasteiger partial charge is 0.465 e. The van der Waals surface area contributed by atoms with Gasteiger partial charge < -0.3 is 4.74 Å². The normalized spacial score (nSPS) is 9.50. The Morgan fingerprint density at radius 2 is 1.35 bits per heavy atom. The fraction of sp³-hybridized carbons (Fsp3) is 0.111. The first-order chi connectivity index (χ1) is 9.72. The van der Waals surface area contributed by atoms with E-state index in [0.29, 0.717) is 5.57 Å². The van der Waals surface area contributed by atoms with E-state index in [2.05, 4.69) is 5.73 Å². The van der Waals surface area contributed by atoms with Crippen LogP contribution in [0.5, 0.6) is 0 Å². The van der Waals surface area contributed by atoms with Gasteiger partial charge in [0.05, 0.1) is 12.7 Å². The van der Waals surface area contributed by atoms with Crippen LogP contribution in [0.3, 0.4) is 0 Å². The third-order valence-corrected chi connectivity index (χ3v) is 2.93. The van der Waals surface area contributed by atoms with E-state index in [9.17, 15) is 4.79 Å². The summed E-state index contributed by atoms with van der Waals surface area (Å²) in [5.41, 5.74) is 6.53. The zero-order valence-corrected chi connectivity index (χ0v) is 11.6. The third kappa shape index (κ3) is 3.25. The minimum Gasteiger partial charge on any atom is -0.465 e. The highest BCUT2D eigenvalue weighted by Gasteiger charge is 2.07. The van der Waals surface area contributed by atoms with Crippen molar-refractivity contribution in [2.75, 3.05) is 7.11 Å². The maximum Gasteiger partial charge on any atom is 0.341 e. The first kappa shape index (κ1) is 13.9. The highest BCUT2D eigenvalue weighted by Crippen LogP contribution is 2.22. The van der Waals surface area contributed by atoms with Crippen LogP contribution in [0.2, 0.25) is 0 Å². The molecule has 20 heavy (non-hydrogen) atoms. The highest BCUT2D eigenvalue weighted by molar-refractivity contribution is 5.90. The summed E-state index contributed by atoms with van der Waals surface area (Å²) in [5.74, 6) is -0.366. The van der Waals surface area contributed by atoms with E-state index in [4.69, 9.17) is 4.74 Å². The Morgan fingerprint density at radius 3 is 1.75 bits per heavy atom. The van der Waals surface area contributed by atoms with Crippen molar-refractivity contribution in [1.82, 2.24) is 0 Å². The molecule has 0 saturated carbocycles. The molecule has 0 unspecified atom stereocenters. The lowest BCUT2D eigenvalue weighted by Crippen LogP contribution is -2.00. The molecule has 0 saturated heterocycles. The molecule has 2 nitrogen and oxygen atoms in total. The molecule has 2 aromatic carbocycles. The number of carbonyl (C=O) groups is 1. The van der Waals surface area contributed by atoms with Gasteiger partial charge >= 0.3 is 5.97 Å². The zero-order valence-electron chi connectivity index (χ0n) is 11.6. The molecular formula is C18H16O2. The monoisotopic (exact) mass is 264 g/mol. The maximum atomic E-state index is 11.6. The van der Waals surface area contributed by atoms with Crippen LogP contribution in [0, 0.1) is 0 Å². The van der Waals surface area contributed by atoms with Crippen LogP contribution < -0.4 is 0 Å². The first-order valence-electron chi connectivity index (χ1n) is 6.39. The summed E-state index contributed by atoms with van der Waals surface area (Å²) < 4.78 is 4.73. The fourth-order valence-electron chi connectivity index (χ4n) is 1.91. The van der Waals surface area contributed by atoms with E-state index in [1.807, 2.05) is 60.7 Å². The van der Waals surface area contributed by atoms with Gasteiger partial charge in [-0.25, -0.2) is 4.79 Å². The van der Waals surface area contributed by atoms with Gasteiger partial charge in [-0.1, -0.05) is 60.7 Å². The number of benzene rings is 2. The predicted octanol–water partition coefficient (Wildman–Crippen LogP) is 3.84. The zero-order chi connectivity index (χ0) is 14.4. The molecule has 0 radical (unpaired) electrons. The molecule has 0 aliphatic carbocycles. The molecule has 0 amide bonds. The van der Waals surface area contributed by atoms with Crippen molar-refractivity contribution >= 4 is 11.5 Å². The number of hydrogen-bond acceptors (Lipinski definition) is 2. The van der Waals surface area contributed by atoms with Crippen LogP contribution >= 0.6 is 0 Å². The van der Waals surface area contributed by atoms with E-state index >= 15 is 0 Å². The van der Waals surface area contributed by atoms with Crippen molar-refractivity contribution in [2.45, 2.75) is 6.92 Å². The Labute approximate surface area is 119 Å². The summed E-state index contributed by atoms with van der Waals surface area (Å²) in [7, 11) is 1.37. The van der Waals surface area contributed by atoms with Crippen LogP contribution in [0.15, 0.2) is 72.0 Å². The van der Waals surface area contributed by atoms with Crippen LogP contribution in [0.4, 0.5) is 0 Å². The molecule has 0 spiro atoms. The molecule has 2 rings (SSSR count). The molecular weight excluding hydrogens is 248 g/mol. The molecule has 0 bridgehead atoms. The average molecular weight is 264 g/mol. The molecule has 0 aliphatic rings. The lowest BCUT2D eigenvalue weighted by molar-refractivity contribution is -0.136. The summed E-state index contributed by atoms with van der Waals surface area (Å²) in [4.78, 5) is 11.6. The third-order valence-electron chi connectivity index (χ3n) is 2.93. The Bertz CT molecular complexity index is 607. The van der Waals surface area contributed by atoms with E-state index < -0.39 is 0 Å². The smallest absolute Gasteiger partial charge is 0.341 e. The van der Waals surface area contributed by atoms with Crippen LogP contribution in [-0.4, -0.2) is 13.1 Å². The van der Waals surface area contributed by atoms with E-state index in [0.717, 1.165) is 16.7 Å². The molecule has 0 N–H and O–H groups in total. The second kappa shape index (κ2) is 6.55. The minimum atomic E-state index is -0.366. The standard InChI is InChI=1S/C18H16O2/c1-14(18(19)20-2)13-17(15-9-5-3-6-10-15)16-11-7-4-8-12-16/h3-12H,1-2H3. The molecule has 0 fully saturated rings. The highest BCUT2D eigenvalue weighted by atomic mass is 16.5. The quantitative estimate of drug-likeness (QED) is 0.478. The van der Waals surface area contributed by atoms with Gasteiger partial charge in [-0.15, -0.1) is 5.73 Å².